The zero-order valence-corrected chi connectivity index (χ0v) is 12.4. The molecule has 1 fully saturated rings. The van der Waals surface area contributed by atoms with Gasteiger partial charge in [-0.25, -0.2) is 0 Å². The second-order valence-corrected chi connectivity index (χ2v) is 5.71. The molecule has 2 heteroatoms. The molecule has 0 heterocycles. The molecule has 2 rings (SSSR count). The van der Waals surface area contributed by atoms with E-state index in [2.05, 4.69) is 24.0 Å². The topological polar surface area (TPSA) is 21.3 Å². The molecular weight excluding hydrogens is 246 g/mol. The Hall–Kier alpha value is -1.28. The Bertz CT molecular complexity index is 379. The highest BCUT2D eigenvalue weighted by atomic mass is 16.5. The van der Waals surface area contributed by atoms with Crippen LogP contribution in [0.5, 0.6) is 5.75 Å². The van der Waals surface area contributed by atoms with Crippen LogP contribution >= 0.6 is 0 Å². The normalized spacial score (nSPS) is 16.0. The van der Waals surface area contributed by atoms with Gasteiger partial charge in [-0.1, -0.05) is 56.9 Å². The van der Waals surface area contributed by atoms with Crippen LogP contribution in [0.15, 0.2) is 36.9 Å². The Kier molecular flexibility index (Phi) is 6.65. The monoisotopic (exact) mass is 273 g/mol. The van der Waals surface area contributed by atoms with Crippen LogP contribution in [0.3, 0.4) is 0 Å². The Balaban J connectivity index is 1.62. The Morgan fingerprint density at radius 2 is 1.90 bits per heavy atom. The summed E-state index contributed by atoms with van der Waals surface area (Å²) in [7, 11) is 0. The van der Waals surface area contributed by atoms with Crippen LogP contribution < -0.4 is 10.1 Å². The number of rotatable bonds is 8. The first-order valence-corrected chi connectivity index (χ1v) is 7.92. The van der Waals surface area contributed by atoms with Gasteiger partial charge in [0.2, 0.25) is 0 Å². The lowest BCUT2D eigenvalue weighted by Gasteiger charge is -2.21. The van der Waals surface area contributed by atoms with E-state index in [1.54, 1.807) is 6.08 Å². The predicted molar refractivity (Wildman–Crippen MR) is 85.0 cm³/mol. The summed E-state index contributed by atoms with van der Waals surface area (Å²) in [6.07, 6.45) is 10.3. The molecule has 0 amide bonds. The van der Waals surface area contributed by atoms with Crippen molar-refractivity contribution < 1.29 is 4.74 Å². The Morgan fingerprint density at radius 1 is 1.15 bits per heavy atom. The van der Waals surface area contributed by atoms with Crippen LogP contribution in [0.4, 0.5) is 0 Å². The lowest BCUT2D eigenvalue weighted by atomic mass is 9.87. The summed E-state index contributed by atoms with van der Waals surface area (Å²) in [6, 6.07) is 8.32. The molecule has 110 valence electrons. The number of ether oxygens (including phenoxy) is 1. The summed E-state index contributed by atoms with van der Waals surface area (Å²) in [6.45, 7) is 6.31. The summed E-state index contributed by atoms with van der Waals surface area (Å²) >= 11 is 0. The molecule has 1 aromatic rings. The molecular formula is C18H27NO. The third-order valence-corrected chi connectivity index (χ3v) is 4.07. The molecule has 0 atom stereocenters. The smallest absolute Gasteiger partial charge is 0.119 e. The van der Waals surface area contributed by atoms with E-state index in [4.69, 9.17) is 4.74 Å². The van der Waals surface area contributed by atoms with Crippen molar-refractivity contribution in [2.75, 3.05) is 13.2 Å². The SMILES string of the molecule is C=CCOc1ccc(CNCCC2CCCCC2)cc1. The molecule has 1 aliphatic rings. The van der Waals surface area contributed by atoms with Crippen LogP contribution in [0, 0.1) is 5.92 Å². The average molecular weight is 273 g/mol. The van der Waals surface area contributed by atoms with Crippen LogP contribution in [0.1, 0.15) is 44.1 Å². The number of benzene rings is 1. The van der Waals surface area contributed by atoms with E-state index in [-0.39, 0.29) is 0 Å². The van der Waals surface area contributed by atoms with Gasteiger partial charge in [-0.15, -0.1) is 0 Å². The van der Waals surface area contributed by atoms with E-state index in [9.17, 15) is 0 Å². The molecule has 0 spiro atoms. The van der Waals surface area contributed by atoms with Crippen LogP contribution in [0.25, 0.3) is 0 Å². The molecule has 1 aliphatic carbocycles. The molecule has 20 heavy (non-hydrogen) atoms. The standard InChI is InChI=1S/C18H27NO/c1-2-14-20-18-10-8-17(9-11-18)15-19-13-12-16-6-4-3-5-7-16/h2,8-11,16,19H,1,3-7,12-15H2. The molecule has 0 saturated heterocycles. The van der Waals surface area contributed by atoms with Crippen molar-refractivity contribution in [2.24, 2.45) is 5.92 Å². The molecule has 0 unspecified atom stereocenters. The van der Waals surface area contributed by atoms with Crippen molar-refractivity contribution in [1.29, 1.82) is 0 Å². The number of nitrogens with one attached hydrogen (secondary N) is 1. The van der Waals surface area contributed by atoms with Crippen molar-refractivity contribution in [3.63, 3.8) is 0 Å². The molecule has 1 N–H and O–H groups in total. The van der Waals surface area contributed by atoms with Crippen LogP contribution in [0.2, 0.25) is 0 Å². The van der Waals surface area contributed by atoms with Gasteiger partial charge in [-0.3, -0.25) is 0 Å². The fourth-order valence-corrected chi connectivity index (χ4v) is 2.87. The first-order valence-electron chi connectivity index (χ1n) is 7.92. The van der Waals surface area contributed by atoms with E-state index in [1.165, 1.54) is 44.1 Å². The first kappa shape index (κ1) is 15.1. The lowest BCUT2D eigenvalue weighted by molar-refractivity contribution is 0.334. The highest BCUT2D eigenvalue weighted by molar-refractivity contribution is 5.27. The fourth-order valence-electron chi connectivity index (χ4n) is 2.87. The molecule has 0 bridgehead atoms. The lowest BCUT2D eigenvalue weighted by Crippen LogP contribution is -2.19. The zero-order chi connectivity index (χ0) is 14.0. The predicted octanol–water partition coefficient (Wildman–Crippen LogP) is 4.31. The minimum Gasteiger partial charge on any atom is -0.490 e. The molecule has 0 aliphatic heterocycles. The van der Waals surface area contributed by atoms with Gasteiger partial charge in [0, 0.05) is 6.54 Å². The number of hydrogen-bond donors (Lipinski definition) is 1. The van der Waals surface area contributed by atoms with Crippen molar-refractivity contribution in [3.8, 4) is 5.75 Å². The summed E-state index contributed by atoms with van der Waals surface area (Å²) in [5, 5.41) is 3.55. The van der Waals surface area contributed by atoms with Gasteiger partial charge in [-0.2, -0.15) is 0 Å². The van der Waals surface area contributed by atoms with Gasteiger partial charge in [0.1, 0.15) is 12.4 Å². The average Bonchev–Trinajstić information content (AvgIpc) is 2.52. The quantitative estimate of drug-likeness (QED) is 0.563. The highest BCUT2D eigenvalue weighted by Crippen LogP contribution is 2.25. The Morgan fingerprint density at radius 3 is 2.60 bits per heavy atom. The molecule has 0 aromatic heterocycles. The van der Waals surface area contributed by atoms with Gasteiger partial charge in [0.15, 0.2) is 0 Å². The third kappa shape index (κ3) is 5.38. The summed E-state index contributed by atoms with van der Waals surface area (Å²) in [5.41, 5.74) is 1.32. The molecule has 1 aromatic carbocycles. The number of hydrogen-bond acceptors (Lipinski definition) is 2. The van der Waals surface area contributed by atoms with Crippen molar-refractivity contribution in [3.05, 3.63) is 42.5 Å². The highest BCUT2D eigenvalue weighted by Gasteiger charge is 2.12. The van der Waals surface area contributed by atoms with Crippen molar-refractivity contribution >= 4 is 0 Å². The van der Waals surface area contributed by atoms with Crippen molar-refractivity contribution in [1.82, 2.24) is 5.32 Å². The zero-order valence-electron chi connectivity index (χ0n) is 12.4. The van der Waals surface area contributed by atoms with Crippen LogP contribution in [-0.4, -0.2) is 13.2 Å². The minimum absolute atomic E-state index is 0.568. The molecule has 2 nitrogen and oxygen atoms in total. The summed E-state index contributed by atoms with van der Waals surface area (Å²) in [5.74, 6) is 1.88. The van der Waals surface area contributed by atoms with Gasteiger partial charge in [0.05, 0.1) is 0 Å². The van der Waals surface area contributed by atoms with E-state index >= 15 is 0 Å². The maximum atomic E-state index is 5.48. The third-order valence-electron chi connectivity index (χ3n) is 4.07. The van der Waals surface area contributed by atoms with E-state index in [0.717, 1.165) is 24.8 Å². The Labute approximate surface area is 123 Å². The summed E-state index contributed by atoms with van der Waals surface area (Å²) in [4.78, 5) is 0. The molecule has 1 saturated carbocycles. The minimum atomic E-state index is 0.568. The second-order valence-electron chi connectivity index (χ2n) is 5.71. The maximum Gasteiger partial charge on any atom is 0.119 e. The second kappa shape index (κ2) is 8.80. The van der Waals surface area contributed by atoms with E-state index < -0.39 is 0 Å². The summed E-state index contributed by atoms with van der Waals surface area (Å²) < 4.78 is 5.48. The van der Waals surface area contributed by atoms with E-state index in [1.807, 2.05) is 12.1 Å². The fraction of sp³-hybridized carbons (Fsp3) is 0.556. The van der Waals surface area contributed by atoms with Gasteiger partial charge in [-0.05, 0) is 36.6 Å². The van der Waals surface area contributed by atoms with Gasteiger partial charge >= 0.3 is 0 Å². The van der Waals surface area contributed by atoms with Gasteiger partial charge in [0.25, 0.3) is 0 Å². The first-order chi connectivity index (χ1) is 9.88. The molecule has 0 radical (unpaired) electrons. The largest absolute Gasteiger partial charge is 0.490 e. The van der Waals surface area contributed by atoms with Gasteiger partial charge < -0.3 is 10.1 Å². The van der Waals surface area contributed by atoms with E-state index in [0.29, 0.717) is 6.61 Å². The van der Waals surface area contributed by atoms with Crippen molar-refractivity contribution in [2.45, 2.75) is 45.1 Å². The maximum absolute atomic E-state index is 5.48. The van der Waals surface area contributed by atoms with Crippen LogP contribution in [-0.2, 0) is 6.54 Å².